The first-order valence-corrected chi connectivity index (χ1v) is 8.76. The molecule has 1 amide bonds. The summed E-state index contributed by atoms with van der Waals surface area (Å²) < 4.78 is 0. The smallest absolute Gasteiger partial charge is 0.238 e. The minimum atomic E-state index is -0.0506. The van der Waals surface area contributed by atoms with Gasteiger partial charge in [0.15, 0.2) is 0 Å². The van der Waals surface area contributed by atoms with Crippen LogP contribution >= 0.6 is 23.2 Å². The van der Waals surface area contributed by atoms with Crippen LogP contribution in [0.1, 0.15) is 30.9 Å². The molecule has 0 atom stereocenters. The van der Waals surface area contributed by atoms with E-state index in [4.69, 9.17) is 23.2 Å². The molecule has 3 nitrogen and oxygen atoms in total. The lowest BCUT2D eigenvalue weighted by atomic mass is 10.0. The van der Waals surface area contributed by atoms with E-state index < -0.39 is 0 Å². The highest BCUT2D eigenvalue weighted by atomic mass is 35.5. The summed E-state index contributed by atoms with van der Waals surface area (Å²) in [6, 6.07) is 13.3. The Morgan fingerprint density at radius 1 is 1.12 bits per heavy atom. The van der Waals surface area contributed by atoms with E-state index >= 15 is 0 Å². The lowest BCUT2D eigenvalue weighted by Crippen LogP contribution is -2.29. The molecule has 128 valence electrons. The molecule has 0 aromatic heterocycles. The quantitative estimate of drug-likeness (QED) is 0.686. The molecule has 2 rings (SSSR count). The van der Waals surface area contributed by atoms with Gasteiger partial charge < -0.3 is 10.6 Å². The maximum Gasteiger partial charge on any atom is 0.238 e. The Bertz CT molecular complexity index is 702. The number of rotatable bonds is 7. The molecule has 2 N–H and O–H groups in total. The second-order valence-corrected chi connectivity index (χ2v) is 6.80. The van der Waals surface area contributed by atoms with Crippen molar-refractivity contribution < 1.29 is 4.79 Å². The van der Waals surface area contributed by atoms with Crippen molar-refractivity contribution in [3.8, 4) is 0 Å². The average molecular weight is 365 g/mol. The number of carbonyl (C=O) groups excluding carboxylic acids is 1. The molecule has 2 aromatic carbocycles. The second-order valence-electron chi connectivity index (χ2n) is 5.95. The molecule has 24 heavy (non-hydrogen) atoms. The van der Waals surface area contributed by atoms with Gasteiger partial charge in [0, 0.05) is 15.7 Å². The summed E-state index contributed by atoms with van der Waals surface area (Å²) in [6.45, 7) is 5.15. The van der Waals surface area contributed by atoms with Gasteiger partial charge in [-0.15, -0.1) is 0 Å². The summed E-state index contributed by atoms with van der Waals surface area (Å²) in [6.07, 6.45) is 0.742. The van der Waals surface area contributed by atoms with E-state index in [1.807, 2.05) is 36.4 Å². The highest BCUT2D eigenvalue weighted by molar-refractivity contribution is 6.35. The van der Waals surface area contributed by atoms with Crippen molar-refractivity contribution in [3.05, 3.63) is 63.6 Å². The molecule has 0 heterocycles. The topological polar surface area (TPSA) is 41.1 Å². The standard InChI is InChI=1S/C19H22Cl2N2O/c1-13(2)16-5-3-4-6-18(16)23-19(24)12-22-10-9-14-7-8-15(20)11-17(14)21/h3-8,11,13,22H,9-10,12H2,1-2H3,(H,23,24). The minimum Gasteiger partial charge on any atom is -0.325 e. The summed E-state index contributed by atoms with van der Waals surface area (Å²) >= 11 is 12.0. The van der Waals surface area contributed by atoms with Gasteiger partial charge in [-0.25, -0.2) is 0 Å². The van der Waals surface area contributed by atoms with Gasteiger partial charge in [-0.3, -0.25) is 4.79 Å². The van der Waals surface area contributed by atoms with Crippen LogP contribution in [0.3, 0.4) is 0 Å². The fourth-order valence-electron chi connectivity index (χ4n) is 2.46. The third kappa shape index (κ3) is 5.52. The first kappa shape index (κ1) is 18.8. The number of nitrogens with one attached hydrogen (secondary N) is 2. The number of anilines is 1. The molecular formula is C19H22Cl2N2O. The minimum absolute atomic E-state index is 0.0506. The van der Waals surface area contributed by atoms with Crippen molar-refractivity contribution >= 4 is 34.8 Å². The summed E-state index contributed by atoms with van der Waals surface area (Å²) in [5.41, 5.74) is 3.03. The second kappa shape index (κ2) is 9.07. The zero-order valence-corrected chi connectivity index (χ0v) is 15.4. The molecule has 0 aliphatic heterocycles. The fraction of sp³-hybridized carbons (Fsp3) is 0.316. The van der Waals surface area contributed by atoms with Gasteiger partial charge in [0.25, 0.3) is 0 Å². The molecule has 0 bridgehead atoms. The fourth-order valence-corrected chi connectivity index (χ4v) is 2.96. The van der Waals surface area contributed by atoms with E-state index in [0.717, 1.165) is 23.2 Å². The molecule has 0 fully saturated rings. The van der Waals surface area contributed by atoms with E-state index in [-0.39, 0.29) is 12.5 Å². The third-order valence-electron chi connectivity index (χ3n) is 3.73. The van der Waals surface area contributed by atoms with E-state index in [1.165, 1.54) is 0 Å². The maximum absolute atomic E-state index is 12.1. The number of hydrogen-bond acceptors (Lipinski definition) is 2. The van der Waals surface area contributed by atoms with Gasteiger partial charge in [-0.05, 0) is 48.2 Å². The number of amides is 1. The first-order valence-electron chi connectivity index (χ1n) is 8.01. The number of benzene rings is 2. The van der Waals surface area contributed by atoms with Gasteiger partial charge in [0.05, 0.1) is 6.54 Å². The van der Waals surface area contributed by atoms with Crippen LogP contribution in [-0.4, -0.2) is 19.0 Å². The molecule has 0 saturated heterocycles. The molecule has 0 spiro atoms. The Hall–Kier alpha value is -1.55. The van der Waals surface area contributed by atoms with Crippen LogP contribution in [0, 0.1) is 0 Å². The van der Waals surface area contributed by atoms with Crippen molar-refractivity contribution in [3.63, 3.8) is 0 Å². The Labute approximate surface area is 153 Å². The molecule has 0 aliphatic rings. The van der Waals surface area contributed by atoms with E-state index in [0.29, 0.717) is 22.5 Å². The highest BCUT2D eigenvalue weighted by Crippen LogP contribution is 2.23. The van der Waals surface area contributed by atoms with Crippen molar-refractivity contribution in [2.45, 2.75) is 26.2 Å². The summed E-state index contributed by atoms with van der Waals surface area (Å²) in [4.78, 5) is 12.1. The third-order valence-corrected chi connectivity index (χ3v) is 4.32. The van der Waals surface area contributed by atoms with Crippen LogP contribution in [0.4, 0.5) is 5.69 Å². The zero-order valence-electron chi connectivity index (χ0n) is 13.9. The van der Waals surface area contributed by atoms with E-state index in [9.17, 15) is 4.79 Å². The lowest BCUT2D eigenvalue weighted by Gasteiger charge is -2.14. The van der Waals surface area contributed by atoms with E-state index in [2.05, 4.69) is 24.5 Å². The predicted octanol–water partition coefficient (Wildman–Crippen LogP) is 4.89. The lowest BCUT2D eigenvalue weighted by molar-refractivity contribution is -0.115. The van der Waals surface area contributed by atoms with Crippen molar-refractivity contribution in [1.82, 2.24) is 5.32 Å². The molecule has 0 radical (unpaired) electrons. The highest BCUT2D eigenvalue weighted by Gasteiger charge is 2.09. The Morgan fingerprint density at radius 2 is 1.88 bits per heavy atom. The van der Waals surface area contributed by atoms with Crippen LogP contribution in [0.15, 0.2) is 42.5 Å². The van der Waals surface area contributed by atoms with Crippen molar-refractivity contribution in [1.29, 1.82) is 0 Å². The molecule has 0 unspecified atom stereocenters. The van der Waals surface area contributed by atoms with Crippen molar-refractivity contribution in [2.75, 3.05) is 18.4 Å². The van der Waals surface area contributed by atoms with Crippen LogP contribution in [0.25, 0.3) is 0 Å². The van der Waals surface area contributed by atoms with Crippen molar-refractivity contribution in [2.24, 2.45) is 0 Å². The molecule has 2 aromatic rings. The molecule has 0 aliphatic carbocycles. The van der Waals surface area contributed by atoms with Crippen LogP contribution < -0.4 is 10.6 Å². The number of hydrogen-bond donors (Lipinski definition) is 2. The average Bonchev–Trinajstić information content (AvgIpc) is 2.53. The normalized spacial score (nSPS) is 10.9. The summed E-state index contributed by atoms with van der Waals surface area (Å²) in [5.74, 6) is 0.312. The summed E-state index contributed by atoms with van der Waals surface area (Å²) in [7, 11) is 0. The first-order chi connectivity index (χ1) is 11.5. The van der Waals surface area contributed by atoms with Crippen LogP contribution in [0.2, 0.25) is 10.0 Å². The van der Waals surface area contributed by atoms with Gasteiger partial charge >= 0.3 is 0 Å². The summed E-state index contributed by atoms with van der Waals surface area (Å²) in [5, 5.41) is 7.38. The number of carbonyl (C=O) groups is 1. The Morgan fingerprint density at radius 3 is 2.58 bits per heavy atom. The van der Waals surface area contributed by atoms with E-state index in [1.54, 1.807) is 6.07 Å². The largest absolute Gasteiger partial charge is 0.325 e. The molecular weight excluding hydrogens is 343 g/mol. The van der Waals surface area contributed by atoms with Crippen LogP contribution in [0.5, 0.6) is 0 Å². The zero-order chi connectivity index (χ0) is 17.5. The number of para-hydroxylation sites is 1. The SMILES string of the molecule is CC(C)c1ccccc1NC(=O)CNCCc1ccc(Cl)cc1Cl. The Balaban J connectivity index is 1.80. The van der Waals surface area contributed by atoms with Gasteiger partial charge in [0.1, 0.15) is 0 Å². The molecule has 5 heteroatoms. The number of halogens is 2. The van der Waals surface area contributed by atoms with Gasteiger partial charge in [-0.1, -0.05) is 61.3 Å². The molecule has 0 saturated carbocycles. The van der Waals surface area contributed by atoms with Crippen LogP contribution in [-0.2, 0) is 11.2 Å². The van der Waals surface area contributed by atoms with Gasteiger partial charge in [0.2, 0.25) is 5.91 Å². The maximum atomic E-state index is 12.1. The predicted molar refractivity (Wildman–Crippen MR) is 102 cm³/mol. The monoisotopic (exact) mass is 364 g/mol. The van der Waals surface area contributed by atoms with Gasteiger partial charge in [-0.2, -0.15) is 0 Å². The Kier molecular flexibility index (Phi) is 7.10.